The highest BCUT2D eigenvalue weighted by Gasteiger charge is 2.16. The molecule has 0 amide bonds. The topological polar surface area (TPSA) is 36.7 Å². The predicted octanol–water partition coefficient (Wildman–Crippen LogP) is 3.45. The number of rotatable bonds is 2. The van der Waals surface area contributed by atoms with Gasteiger partial charge >= 0.3 is 0 Å². The van der Waals surface area contributed by atoms with Crippen LogP contribution < -0.4 is 0 Å². The van der Waals surface area contributed by atoms with Crippen molar-refractivity contribution in [3.8, 4) is 6.07 Å². The van der Waals surface area contributed by atoms with Crippen LogP contribution in [0.2, 0.25) is 0 Å². The lowest BCUT2D eigenvalue weighted by Crippen LogP contribution is -1.99. The number of nitrogens with zero attached hydrogens (tertiary/aromatic N) is 2. The summed E-state index contributed by atoms with van der Waals surface area (Å²) in [4.78, 5) is 3.73. The Bertz CT molecular complexity index is 390. The number of hydrogen-bond acceptors (Lipinski definition) is 2. The third-order valence-corrected chi connectivity index (χ3v) is 3.07. The lowest BCUT2D eigenvalue weighted by Gasteiger charge is -2.05. The minimum absolute atomic E-state index is 0.174. The monoisotopic (exact) mass is 372 g/mol. The minimum atomic E-state index is -2.60. The highest BCUT2D eigenvalue weighted by Crippen LogP contribution is 2.28. The molecule has 0 saturated carbocycles. The second-order valence-corrected chi connectivity index (χ2v) is 4.32. The van der Waals surface area contributed by atoms with Gasteiger partial charge in [0.1, 0.15) is 9.39 Å². The van der Waals surface area contributed by atoms with Crippen molar-refractivity contribution in [1.29, 1.82) is 5.26 Å². The summed E-state index contributed by atoms with van der Waals surface area (Å²) < 4.78 is 25.4. The number of hydrogen-bond donors (Lipinski definition) is 0. The van der Waals surface area contributed by atoms with E-state index in [1.165, 1.54) is 6.07 Å². The number of alkyl halides is 2. The largest absolute Gasteiger partial charge is 0.281 e. The molecular formula is C8H4BrF2IN2. The molecule has 1 aromatic rings. The molecule has 0 aliphatic carbocycles. The Morgan fingerprint density at radius 3 is 2.79 bits per heavy atom. The second-order valence-electron chi connectivity index (χ2n) is 2.44. The van der Waals surface area contributed by atoms with Crippen molar-refractivity contribution in [2.45, 2.75) is 12.8 Å². The Hall–Kier alpha value is -0.290. The van der Waals surface area contributed by atoms with Crippen LogP contribution in [0.25, 0.3) is 0 Å². The molecule has 0 bridgehead atoms. The molecule has 0 aliphatic rings. The van der Waals surface area contributed by atoms with E-state index < -0.39 is 6.43 Å². The van der Waals surface area contributed by atoms with E-state index in [1.807, 2.05) is 28.7 Å². The lowest BCUT2D eigenvalue weighted by molar-refractivity contribution is 0.145. The maximum atomic E-state index is 12.4. The Balaban J connectivity index is 3.18. The smallest absolute Gasteiger partial charge is 0.239 e. The van der Waals surface area contributed by atoms with Crippen molar-refractivity contribution in [2.24, 2.45) is 0 Å². The zero-order valence-corrected chi connectivity index (χ0v) is 10.5. The molecule has 0 spiro atoms. The fraction of sp³-hybridized carbons (Fsp3) is 0.250. The van der Waals surface area contributed by atoms with Crippen LogP contribution >= 0.6 is 38.5 Å². The number of pyridine rings is 1. The summed E-state index contributed by atoms with van der Waals surface area (Å²) >= 11 is 4.84. The van der Waals surface area contributed by atoms with Gasteiger partial charge in [-0.05, 0) is 50.2 Å². The molecule has 74 valence electrons. The molecule has 0 N–H and O–H groups in total. The molecule has 14 heavy (non-hydrogen) atoms. The molecule has 0 unspecified atom stereocenters. The quantitative estimate of drug-likeness (QED) is 0.589. The maximum absolute atomic E-state index is 12.4. The molecule has 1 rings (SSSR count). The summed E-state index contributed by atoms with van der Waals surface area (Å²) in [6.45, 7) is 0. The number of aromatic nitrogens is 1. The summed E-state index contributed by atoms with van der Waals surface area (Å²) in [5.74, 6) is 0. The first-order chi connectivity index (χ1) is 6.56. The summed E-state index contributed by atoms with van der Waals surface area (Å²) in [6.07, 6.45) is -2.43. The van der Waals surface area contributed by atoms with Gasteiger partial charge in [0.2, 0.25) is 0 Å². The molecule has 0 fully saturated rings. The zero-order valence-electron chi connectivity index (χ0n) is 6.77. The van der Waals surface area contributed by atoms with Gasteiger partial charge in [0, 0.05) is 4.47 Å². The third-order valence-electron chi connectivity index (χ3n) is 1.51. The van der Waals surface area contributed by atoms with Gasteiger partial charge < -0.3 is 0 Å². The number of halogens is 4. The minimum Gasteiger partial charge on any atom is -0.239 e. The van der Waals surface area contributed by atoms with Crippen molar-refractivity contribution >= 4 is 38.5 Å². The van der Waals surface area contributed by atoms with E-state index in [2.05, 4.69) is 20.9 Å². The van der Waals surface area contributed by atoms with Gasteiger partial charge in [-0.3, -0.25) is 0 Å². The molecule has 0 atom stereocenters. The van der Waals surface area contributed by atoms with Gasteiger partial charge in [-0.1, -0.05) is 0 Å². The van der Waals surface area contributed by atoms with Crippen LogP contribution in [0.15, 0.2) is 10.5 Å². The fourth-order valence-corrected chi connectivity index (χ4v) is 2.02. The van der Waals surface area contributed by atoms with Crippen LogP contribution in [0.4, 0.5) is 8.78 Å². The first-order valence-corrected chi connectivity index (χ1v) is 5.43. The number of nitriles is 1. The molecule has 6 heteroatoms. The molecule has 1 aromatic heterocycles. The summed E-state index contributed by atoms with van der Waals surface area (Å²) in [7, 11) is 0. The molecule has 0 saturated heterocycles. The van der Waals surface area contributed by atoms with Crippen LogP contribution in [0.5, 0.6) is 0 Å². The molecule has 0 aliphatic heterocycles. The van der Waals surface area contributed by atoms with E-state index in [9.17, 15) is 8.78 Å². The summed E-state index contributed by atoms with van der Waals surface area (Å²) in [5, 5.41) is 8.47. The van der Waals surface area contributed by atoms with Crippen molar-refractivity contribution in [1.82, 2.24) is 4.98 Å². The van der Waals surface area contributed by atoms with Crippen LogP contribution in [-0.4, -0.2) is 4.98 Å². The molecule has 0 aromatic carbocycles. The molecule has 2 nitrogen and oxygen atoms in total. The first-order valence-electron chi connectivity index (χ1n) is 3.56. The van der Waals surface area contributed by atoms with Crippen LogP contribution in [0.1, 0.15) is 17.7 Å². The summed E-state index contributed by atoms with van der Waals surface area (Å²) in [6, 6.07) is 3.46. The third kappa shape index (κ3) is 2.60. The van der Waals surface area contributed by atoms with Crippen molar-refractivity contribution in [3.05, 3.63) is 25.5 Å². The van der Waals surface area contributed by atoms with Crippen molar-refractivity contribution in [2.75, 3.05) is 0 Å². The highest BCUT2D eigenvalue weighted by molar-refractivity contribution is 14.1. The average molecular weight is 373 g/mol. The van der Waals surface area contributed by atoms with Crippen molar-refractivity contribution in [3.63, 3.8) is 0 Å². The van der Waals surface area contributed by atoms with Gasteiger partial charge in [-0.2, -0.15) is 5.26 Å². The van der Waals surface area contributed by atoms with Crippen LogP contribution in [-0.2, 0) is 6.42 Å². The molecule has 1 heterocycles. The average Bonchev–Trinajstić information content (AvgIpc) is 2.10. The molecule has 0 radical (unpaired) electrons. The standard InChI is InChI=1S/C8H4BrF2IN2/c9-5-3-4(1-2-13)8(12)14-6(5)7(10)11/h3,7H,1H2. The van der Waals surface area contributed by atoms with E-state index in [0.29, 0.717) is 9.26 Å². The van der Waals surface area contributed by atoms with E-state index in [-0.39, 0.29) is 16.6 Å². The normalized spacial score (nSPS) is 10.3. The van der Waals surface area contributed by atoms with Gasteiger partial charge in [0.05, 0.1) is 12.5 Å². The Labute approximate surface area is 102 Å². The van der Waals surface area contributed by atoms with E-state index >= 15 is 0 Å². The SMILES string of the molecule is N#CCc1cc(Br)c(C(F)F)nc1I. The van der Waals surface area contributed by atoms with Gasteiger partial charge in [0.25, 0.3) is 6.43 Å². The van der Waals surface area contributed by atoms with E-state index in [0.717, 1.165) is 0 Å². The Morgan fingerprint density at radius 1 is 1.64 bits per heavy atom. The van der Waals surface area contributed by atoms with E-state index in [1.54, 1.807) is 0 Å². The second kappa shape index (κ2) is 4.98. The first kappa shape index (κ1) is 11.8. The zero-order chi connectivity index (χ0) is 10.7. The summed E-state index contributed by atoms with van der Waals surface area (Å²) in [5.41, 5.74) is 0.375. The van der Waals surface area contributed by atoms with E-state index in [4.69, 9.17) is 5.26 Å². The van der Waals surface area contributed by atoms with Crippen molar-refractivity contribution < 1.29 is 8.78 Å². The maximum Gasteiger partial charge on any atom is 0.281 e. The predicted molar refractivity (Wildman–Crippen MR) is 58.9 cm³/mol. The molecular weight excluding hydrogens is 369 g/mol. The Morgan fingerprint density at radius 2 is 2.29 bits per heavy atom. The van der Waals surface area contributed by atoms with Crippen LogP contribution in [0.3, 0.4) is 0 Å². The van der Waals surface area contributed by atoms with Gasteiger partial charge in [-0.25, -0.2) is 13.8 Å². The highest BCUT2D eigenvalue weighted by atomic mass is 127. The van der Waals surface area contributed by atoms with Gasteiger partial charge in [-0.15, -0.1) is 0 Å². The lowest BCUT2D eigenvalue weighted by atomic mass is 10.2. The fourth-order valence-electron chi connectivity index (χ4n) is 0.880. The van der Waals surface area contributed by atoms with Gasteiger partial charge in [0.15, 0.2) is 0 Å². The van der Waals surface area contributed by atoms with Crippen LogP contribution in [0, 0.1) is 15.0 Å². The Kier molecular flexibility index (Phi) is 4.19.